The van der Waals surface area contributed by atoms with E-state index in [0.717, 1.165) is 93.7 Å². The number of amides is 2. The molecule has 3 saturated heterocycles. The van der Waals surface area contributed by atoms with E-state index in [1.165, 1.54) is 6.07 Å². The van der Waals surface area contributed by atoms with Crippen LogP contribution >= 0.6 is 0 Å². The number of H-pyrrole nitrogens is 1. The molecule has 3 aliphatic heterocycles. The molecule has 0 radical (unpaired) electrons. The molecule has 3 aromatic carbocycles. The van der Waals surface area contributed by atoms with Gasteiger partial charge in [-0.3, -0.25) is 24.7 Å². The summed E-state index contributed by atoms with van der Waals surface area (Å²) >= 11 is 0. The molecule has 20 heteroatoms. The summed E-state index contributed by atoms with van der Waals surface area (Å²) in [6.45, 7) is 11.9. The van der Waals surface area contributed by atoms with Gasteiger partial charge in [-0.15, -0.1) is 5.10 Å². The summed E-state index contributed by atoms with van der Waals surface area (Å²) in [7, 11) is 1.65. The van der Waals surface area contributed by atoms with Gasteiger partial charge in [-0.05, 0) is 106 Å². The van der Waals surface area contributed by atoms with Crippen molar-refractivity contribution in [1.82, 2.24) is 60.7 Å². The Balaban J connectivity index is 0.794. The number of nitrogens with one attached hydrogen (secondary N) is 3. The summed E-state index contributed by atoms with van der Waals surface area (Å²) < 4.78 is 36.8. The molecule has 80 heavy (non-hydrogen) atoms. The summed E-state index contributed by atoms with van der Waals surface area (Å²) in [6.07, 6.45) is 17.7. The molecule has 1 saturated carbocycles. The molecule has 0 spiro atoms. The number of methoxy groups -OCH3 is 1. The number of hydrogen-bond acceptors (Lipinski definition) is 15. The lowest BCUT2D eigenvalue weighted by atomic mass is 9.88. The van der Waals surface area contributed by atoms with Crippen LogP contribution in [0.15, 0.2) is 79.4 Å². The molecule has 4 fully saturated rings. The van der Waals surface area contributed by atoms with Crippen LogP contribution in [-0.4, -0.2) is 138 Å². The highest BCUT2D eigenvalue weighted by atomic mass is 19.1. The fraction of sp³-hybridized carbons (Fsp3) is 0.450. The van der Waals surface area contributed by atoms with Crippen LogP contribution in [0.2, 0.25) is 0 Å². The number of likely N-dealkylation sites (tertiary alicyclic amines) is 1. The lowest BCUT2D eigenvalue weighted by Gasteiger charge is -2.30. The number of benzene rings is 3. The second-order valence-electron chi connectivity index (χ2n) is 22.5. The Kier molecular flexibility index (Phi) is 14.6. The van der Waals surface area contributed by atoms with E-state index >= 15 is 4.39 Å². The normalized spacial score (nSPS) is 20.9. The predicted molar refractivity (Wildman–Crippen MR) is 300 cm³/mol. The number of aryl methyl sites for hydroxylation is 1. The molecule has 2 amide bonds. The first-order chi connectivity index (χ1) is 38.8. The van der Waals surface area contributed by atoms with Crippen LogP contribution in [0.3, 0.4) is 0 Å². The smallest absolute Gasteiger partial charge is 0.319 e. The molecule has 12 rings (SSSR count). The number of rotatable bonds is 19. The monoisotopic (exact) mass is 1090 g/mol. The predicted octanol–water partition coefficient (Wildman–Crippen LogP) is 7.90. The zero-order valence-electron chi connectivity index (χ0n) is 46.0. The van der Waals surface area contributed by atoms with Crippen molar-refractivity contribution in [3.05, 3.63) is 113 Å². The van der Waals surface area contributed by atoms with Crippen LogP contribution in [0, 0.1) is 31.5 Å². The Morgan fingerprint density at radius 1 is 1.00 bits per heavy atom. The van der Waals surface area contributed by atoms with Crippen LogP contribution in [0.1, 0.15) is 105 Å². The number of aromatic nitrogens is 9. The van der Waals surface area contributed by atoms with Crippen molar-refractivity contribution in [3.8, 4) is 34.1 Å². The van der Waals surface area contributed by atoms with Crippen molar-refractivity contribution in [2.75, 3.05) is 51.5 Å². The first-order valence-corrected chi connectivity index (χ1v) is 28.0. The maximum Gasteiger partial charge on any atom is 0.319 e. The van der Waals surface area contributed by atoms with Crippen LogP contribution in [0.25, 0.3) is 49.8 Å². The van der Waals surface area contributed by atoms with E-state index < -0.39 is 18.1 Å². The quantitative estimate of drug-likeness (QED) is 0.0604. The Morgan fingerprint density at radius 3 is 2.54 bits per heavy atom. The van der Waals surface area contributed by atoms with Gasteiger partial charge in [-0.25, -0.2) is 9.07 Å². The number of nitrogens with zero attached hydrogens (tertiary/aromatic N) is 10. The number of aliphatic hydroxyl groups excluding tert-OH is 1. The molecular formula is C60H68FN13O6. The molecule has 2 aliphatic carbocycles. The number of anilines is 1. The van der Waals surface area contributed by atoms with Gasteiger partial charge in [0.15, 0.2) is 5.75 Å². The van der Waals surface area contributed by atoms with Crippen molar-refractivity contribution >= 4 is 45.0 Å². The van der Waals surface area contributed by atoms with Gasteiger partial charge in [-0.2, -0.15) is 15.1 Å². The van der Waals surface area contributed by atoms with Gasteiger partial charge < -0.3 is 39.8 Å². The number of ether oxygens (including phenoxy) is 3. The number of fused-ring (bicyclic) bond motifs is 4. The third kappa shape index (κ3) is 10.2. The average Bonchev–Trinajstić information content (AvgIpc) is 4.10. The maximum absolute atomic E-state index is 16.1. The molecule has 2 bridgehead atoms. The number of aromatic amines is 1. The van der Waals surface area contributed by atoms with Crippen molar-refractivity contribution in [1.29, 1.82) is 0 Å². The molecule has 4 N–H and O–H groups in total. The Morgan fingerprint density at radius 2 is 1.82 bits per heavy atom. The summed E-state index contributed by atoms with van der Waals surface area (Å²) in [4.78, 5) is 51.7. The molecule has 5 aliphatic rings. The van der Waals surface area contributed by atoms with E-state index in [9.17, 15) is 14.7 Å². The third-order valence-electron chi connectivity index (χ3n) is 16.7. The Hall–Kier alpha value is -7.68. The summed E-state index contributed by atoms with van der Waals surface area (Å²) in [5.41, 5.74) is 8.93. The topological polar surface area (TPSA) is 224 Å². The van der Waals surface area contributed by atoms with E-state index in [4.69, 9.17) is 24.2 Å². The summed E-state index contributed by atoms with van der Waals surface area (Å²) in [6, 6.07) is 9.99. The standard InChI is InChI=1S/C60H68FN13O6/c1-32(2)55(59(77)72-21-7-8-50(72)58(76)66-49(29-75)39-15-17-40(18-16-39)53-35(5)62-19-20-63-53)74-28-48(70-71-74)38-11-9-36(10-12-38)31-79-56-52(51-34(4)46(61)24-47-45(51)26-65-69-47)43(37-13-14-37)23-44-54(56)67-60(80-30-33(3)78-6)68-57(44)73-27-41-22-42(73)25-64-41/h9,11-12,15-20,23-24,26,28,32-33,36-37,41-42,49-50,55,64,75H,7-8,10,13-14,21-22,25,27,29-31H2,1-6H3,(H,65,69)(H,66,76)/t33-,36?,41-,42-,49-,50-,55-/m0/s1. The molecular weight excluding hydrogens is 1020 g/mol. The minimum absolute atomic E-state index is 0.0646. The number of carbonyl (C=O) groups excluding carboxylic acids is 2. The van der Waals surface area contributed by atoms with Gasteiger partial charge in [0.25, 0.3) is 0 Å². The van der Waals surface area contributed by atoms with Crippen molar-refractivity contribution in [2.24, 2.45) is 11.8 Å². The Bertz CT molecular complexity index is 3540. The summed E-state index contributed by atoms with van der Waals surface area (Å²) in [5, 5.41) is 35.2. The largest absolute Gasteiger partial charge is 0.490 e. The van der Waals surface area contributed by atoms with E-state index in [2.05, 4.69) is 64.2 Å². The fourth-order valence-electron chi connectivity index (χ4n) is 12.1. The van der Waals surface area contributed by atoms with Crippen molar-refractivity contribution in [2.45, 2.75) is 115 Å². The van der Waals surface area contributed by atoms with Crippen LogP contribution in [0.4, 0.5) is 10.2 Å². The van der Waals surface area contributed by atoms with Crippen molar-refractivity contribution < 1.29 is 33.3 Å². The number of halogens is 1. The van der Waals surface area contributed by atoms with Gasteiger partial charge in [0.2, 0.25) is 11.8 Å². The minimum atomic E-state index is -0.721. The van der Waals surface area contributed by atoms with Crippen molar-refractivity contribution in [3.63, 3.8) is 0 Å². The van der Waals surface area contributed by atoms with Crippen LogP contribution in [0.5, 0.6) is 11.8 Å². The molecule has 19 nitrogen and oxygen atoms in total. The average molecular weight is 1090 g/mol. The minimum Gasteiger partial charge on any atom is -0.490 e. The summed E-state index contributed by atoms with van der Waals surface area (Å²) in [5.74, 6) is 0.469. The number of aliphatic hydroxyl groups is 1. The lowest BCUT2D eigenvalue weighted by Crippen LogP contribution is -2.50. The van der Waals surface area contributed by atoms with Gasteiger partial charge in [0.05, 0.1) is 54.7 Å². The van der Waals surface area contributed by atoms with E-state index in [1.807, 2.05) is 65.0 Å². The highest BCUT2D eigenvalue weighted by Gasteiger charge is 2.42. The van der Waals surface area contributed by atoms with Crippen LogP contribution < -0.4 is 25.0 Å². The van der Waals surface area contributed by atoms with Gasteiger partial charge >= 0.3 is 6.01 Å². The lowest BCUT2D eigenvalue weighted by molar-refractivity contribution is -0.142. The number of allylic oxidation sites excluding steroid dienone is 3. The number of hydrogen-bond donors (Lipinski definition) is 4. The van der Waals surface area contributed by atoms with E-state index in [-0.39, 0.29) is 73.4 Å². The highest BCUT2D eigenvalue weighted by Crippen LogP contribution is 2.53. The highest BCUT2D eigenvalue weighted by molar-refractivity contribution is 6.06. The molecule has 7 heterocycles. The number of piperazine rings is 1. The van der Waals surface area contributed by atoms with Crippen LogP contribution in [-0.2, 0) is 14.3 Å². The molecule has 7 atom stereocenters. The van der Waals surface area contributed by atoms with E-state index in [0.29, 0.717) is 59.9 Å². The zero-order valence-corrected chi connectivity index (χ0v) is 46.0. The van der Waals surface area contributed by atoms with E-state index in [1.54, 1.807) is 41.5 Å². The number of carbonyl (C=O) groups is 2. The first-order valence-electron chi connectivity index (χ1n) is 28.0. The maximum atomic E-state index is 16.1. The van der Waals surface area contributed by atoms with Gasteiger partial charge in [0.1, 0.15) is 41.5 Å². The second kappa shape index (κ2) is 22.1. The molecule has 4 aromatic heterocycles. The second-order valence-corrected chi connectivity index (χ2v) is 22.5. The zero-order chi connectivity index (χ0) is 55.3. The Labute approximate surface area is 463 Å². The molecule has 7 aromatic rings. The van der Waals surface area contributed by atoms with Gasteiger partial charge in [0, 0.05) is 84.6 Å². The fourth-order valence-corrected chi connectivity index (χ4v) is 12.1. The SMILES string of the molecule is CO[C@@H](C)COc1nc(N2C[C@@H]3C[C@H]2CN3)c2cc(C3CC3)c(-c3c(C)c(F)cc4[nH]ncc34)c(OCC3C=CC(c4cn([C@H](C(=O)N5CCC[C@H]5C(=O)N[C@@H](CO)c5ccc(-c6nccnc6C)cc5)C(C)C)nn4)=CC3)c2n1. The van der Waals surface area contributed by atoms with Gasteiger partial charge in [-0.1, -0.05) is 61.6 Å². The first kappa shape index (κ1) is 53.0. The molecule has 416 valence electrons. The third-order valence-corrected chi connectivity index (χ3v) is 16.7. The molecule has 1 unspecified atom stereocenters.